The van der Waals surface area contributed by atoms with Gasteiger partial charge in [0.15, 0.2) is 4.34 Å². The van der Waals surface area contributed by atoms with Crippen LogP contribution in [-0.2, 0) is 5.75 Å². The van der Waals surface area contributed by atoms with Crippen molar-refractivity contribution in [2.75, 3.05) is 5.32 Å². The molecule has 0 aliphatic rings. The molecule has 1 amide bonds. The minimum Gasteiger partial charge on any atom is -0.296 e. The maximum absolute atomic E-state index is 12.5. The van der Waals surface area contributed by atoms with Crippen molar-refractivity contribution in [3.05, 3.63) is 73.2 Å². The Morgan fingerprint density at radius 3 is 2.57 bits per heavy atom. The Balaban J connectivity index is 1.69. The van der Waals surface area contributed by atoms with E-state index >= 15 is 0 Å². The number of nitro benzene ring substituents is 1. The predicted molar refractivity (Wildman–Crippen MR) is 112 cm³/mol. The number of carbonyl (C=O) groups excluding carboxylic acids is 1. The van der Waals surface area contributed by atoms with E-state index in [2.05, 4.69) is 15.5 Å². The molecule has 3 rings (SSSR count). The van der Waals surface area contributed by atoms with Crippen molar-refractivity contribution in [2.24, 2.45) is 0 Å². The molecule has 28 heavy (non-hydrogen) atoms. The highest BCUT2D eigenvalue weighted by atomic mass is 35.5. The zero-order valence-corrected chi connectivity index (χ0v) is 17.5. The number of hydrogen-bond donors (Lipinski definition) is 1. The van der Waals surface area contributed by atoms with Gasteiger partial charge >= 0.3 is 0 Å². The summed E-state index contributed by atoms with van der Waals surface area (Å²) in [5, 5.41) is 23.1. The van der Waals surface area contributed by atoms with Crippen molar-refractivity contribution >= 4 is 63.0 Å². The summed E-state index contributed by atoms with van der Waals surface area (Å²) < 4.78 is 0.627. The van der Waals surface area contributed by atoms with Gasteiger partial charge in [0.2, 0.25) is 5.13 Å². The predicted octanol–water partition coefficient (Wildman–Crippen LogP) is 5.61. The molecule has 1 heterocycles. The second kappa shape index (κ2) is 8.87. The Morgan fingerprint density at radius 2 is 1.89 bits per heavy atom. The van der Waals surface area contributed by atoms with Gasteiger partial charge in [-0.1, -0.05) is 58.4 Å². The molecule has 7 nitrogen and oxygen atoms in total. The Kier molecular flexibility index (Phi) is 6.50. The van der Waals surface area contributed by atoms with E-state index in [4.69, 9.17) is 23.2 Å². The summed E-state index contributed by atoms with van der Waals surface area (Å²) in [5.41, 5.74) is 1.18. The fraction of sp³-hybridized carbons (Fsp3) is 0.118. The van der Waals surface area contributed by atoms with Crippen molar-refractivity contribution in [1.82, 2.24) is 10.2 Å². The number of thioether (sulfide) groups is 1. The number of aromatic nitrogens is 2. The average Bonchev–Trinajstić information content (AvgIpc) is 3.08. The van der Waals surface area contributed by atoms with Crippen LogP contribution in [0.4, 0.5) is 10.8 Å². The number of amides is 1. The highest BCUT2D eigenvalue weighted by Crippen LogP contribution is 2.34. The normalized spacial score (nSPS) is 10.7. The molecule has 1 aromatic heterocycles. The van der Waals surface area contributed by atoms with E-state index in [1.165, 1.54) is 48.2 Å². The van der Waals surface area contributed by atoms with E-state index in [1.807, 2.05) is 0 Å². The SMILES string of the molecule is Cc1c(C(=O)Nc2nnc(SCc3c(Cl)cccc3Cl)s2)cccc1[N+](=O)[O-]. The number of hydrogen-bond acceptors (Lipinski definition) is 7. The van der Waals surface area contributed by atoms with Crippen LogP contribution in [0.5, 0.6) is 0 Å². The zero-order valence-electron chi connectivity index (χ0n) is 14.3. The molecule has 0 saturated heterocycles. The Bertz CT molecular complexity index is 1040. The third kappa shape index (κ3) is 4.61. The Hall–Kier alpha value is -2.20. The molecule has 0 saturated carbocycles. The maximum atomic E-state index is 12.5. The van der Waals surface area contributed by atoms with E-state index in [0.717, 1.165) is 5.56 Å². The Labute approximate surface area is 178 Å². The van der Waals surface area contributed by atoms with Crippen LogP contribution in [0, 0.1) is 17.0 Å². The van der Waals surface area contributed by atoms with Gasteiger partial charge in [-0.05, 0) is 30.7 Å². The smallest absolute Gasteiger partial charge is 0.273 e. The number of nitrogens with one attached hydrogen (secondary N) is 1. The molecule has 0 aliphatic carbocycles. The number of rotatable bonds is 6. The van der Waals surface area contributed by atoms with Gasteiger partial charge in [-0.25, -0.2) is 0 Å². The molecule has 144 valence electrons. The minimum atomic E-state index is -0.522. The number of nitrogens with zero attached hydrogens (tertiary/aromatic N) is 3. The molecule has 0 unspecified atom stereocenters. The lowest BCUT2D eigenvalue weighted by molar-refractivity contribution is -0.385. The number of anilines is 1. The van der Waals surface area contributed by atoms with E-state index in [0.29, 0.717) is 25.3 Å². The number of benzene rings is 2. The first-order valence-electron chi connectivity index (χ1n) is 7.81. The van der Waals surface area contributed by atoms with Gasteiger partial charge in [0.05, 0.1) is 4.92 Å². The highest BCUT2D eigenvalue weighted by Gasteiger charge is 2.19. The highest BCUT2D eigenvalue weighted by molar-refractivity contribution is 8.00. The summed E-state index contributed by atoms with van der Waals surface area (Å²) in [5.74, 6) is 0.0217. The first-order valence-corrected chi connectivity index (χ1v) is 10.4. The van der Waals surface area contributed by atoms with Gasteiger partial charge in [-0.3, -0.25) is 20.2 Å². The van der Waals surface area contributed by atoms with Gasteiger partial charge in [0.1, 0.15) is 0 Å². The van der Waals surface area contributed by atoms with Gasteiger partial charge in [0, 0.05) is 33.0 Å². The molecule has 0 atom stereocenters. The number of nitro groups is 1. The molecule has 11 heteroatoms. The van der Waals surface area contributed by atoms with Crippen LogP contribution in [0.1, 0.15) is 21.5 Å². The van der Waals surface area contributed by atoms with Crippen molar-refractivity contribution in [3.63, 3.8) is 0 Å². The lowest BCUT2D eigenvalue weighted by atomic mass is 10.1. The van der Waals surface area contributed by atoms with Crippen molar-refractivity contribution in [3.8, 4) is 0 Å². The van der Waals surface area contributed by atoms with E-state index < -0.39 is 10.8 Å². The summed E-state index contributed by atoms with van der Waals surface area (Å²) in [6.07, 6.45) is 0. The molecular weight excluding hydrogens is 443 g/mol. The van der Waals surface area contributed by atoms with Crippen LogP contribution in [0.15, 0.2) is 40.7 Å². The number of carbonyl (C=O) groups is 1. The van der Waals surface area contributed by atoms with Crippen LogP contribution >= 0.6 is 46.3 Å². The summed E-state index contributed by atoms with van der Waals surface area (Å²) in [6.45, 7) is 1.53. The summed E-state index contributed by atoms with van der Waals surface area (Å²) in [6, 6.07) is 9.63. The van der Waals surface area contributed by atoms with Crippen LogP contribution in [-0.4, -0.2) is 21.0 Å². The van der Waals surface area contributed by atoms with E-state index in [-0.39, 0.29) is 16.8 Å². The van der Waals surface area contributed by atoms with Crippen LogP contribution in [0.3, 0.4) is 0 Å². The molecule has 3 aromatic rings. The largest absolute Gasteiger partial charge is 0.296 e. The zero-order chi connectivity index (χ0) is 20.3. The van der Waals surface area contributed by atoms with Crippen LogP contribution in [0.2, 0.25) is 10.0 Å². The first-order chi connectivity index (χ1) is 13.4. The summed E-state index contributed by atoms with van der Waals surface area (Å²) in [4.78, 5) is 23.0. The fourth-order valence-electron chi connectivity index (χ4n) is 2.35. The second-order valence-electron chi connectivity index (χ2n) is 5.52. The third-order valence-corrected chi connectivity index (χ3v) is 6.48. The van der Waals surface area contributed by atoms with Crippen LogP contribution < -0.4 is 5.32 Å². The standard InChI is InChI=1S/C17H12Cl2N4O3S2/c1-9-10(4-2-7-14(9)23(25)26)15(24)20-16-21-22-17(28-16)27-8-11-12(18)5-3-6-13(11)19/h2-7H,8H2,1H3,(H,20,21,24). The molecular formula is C17H12Cl2N4O3S2. The minimum absolute atomic E-state index is 0.113. The van der Waals surface area contributed by atoms with Crippen molar-refractivity contribution in [1.29, 1.82) is 0 Å². The molecule has 0 aliphatic heterocycles. The molecule has 0 radical (unpaired) electrons. The Morgan fingerprint density at radius 1 is 1.21 bits per heavy atom. The molecule has 0 fully saturated rings. The van der Waals surface area contributed by atoms with Crippen LogP contribution in [0.25, 0.3) is 0 Å². The number of halogens is 2. The lowest BCUT2D eigenvalue weighted by Crippen LogP contribution is -2.14. The summed E-state index contributed by atoms with van der Waals surface area (Å²) in [7, 11) is 0. The second-order valence-corrected chi connectivity index (χ2v) is 8.54. The van der Waals surface area contributed by atoms with E-state index in [1.54, 1.807) is 18.2 Å². The molecule has 0 bridgehead atoms. The third-order valence-electron chi connectivity index (χ3n) is 3.78. The molecule has 1 N–H and O–H groups in total. The first kappa shape index (κ1) is 20.5. The monoisotopic (exact) mass is 454 g/mol. The van der Waals surface area contributed by atoms with Crippen molar-refractivity contribution < 1.29 is 9.72 Å². The topological polar surface area (TPSA) is 98.0 Å². The summed E-state index contributed by atoms with van der Waals surface area (Å²) >= 11 is 14.9. The van der Waals surface area contributed by atoms with Gasteiger partial charge in [-0.15, -0.1) is 10.2 Å². The lowest BCUT2D eigenvalue weighted by Gasteiger charge is -2.05. The molecule has 2 aromatic carbocycles. The van der Waals surface area contributed by atoms with Crippen molar-refractivity contribution in [2.45, 2.75) is 17.0 Å². The van der Waals surface area contributed by atoms with Gasteiger partial charge in [-0.2, -0.15) is 0 Å². The fourth-order valence-corrected chi connectivity index (χ4v) is 4.84. The van der Waals surface area contributed by atoms with Gasteiger partial charge in [0.25, 0.3) is 11.6 Å². The molecule has 0 spiro atoms. The maximum Gasteiger partial charge on any atom is 0.273 e. The van der Waals surface area contributed by atoms with Gasteiger partial charge < -0.3 is 0 Å². The van der Waals surface area contributed by atoms with E-state index in [9.17, 15) is 14.9 Å². The quantitative estimate of drug-likeness (QED) is 0.225. The average molecular weight is 455 g/mol.